The van der Waals surface area contributed by atoms with Crippen LogP contribution in [0.15, 0.2) is 46.9 Å². The van der Waals surface area contributed by atoms with Gasteiger partial charge in [-0.3, -0.25) is 0 Å². The molecule has 0 amide bonds. The first kappa shape index (κ1) is 19.0. The van der Waals surface area contributed by atoms with Gasteiger partial charge in [-0.25, -0.2) is 9.59 Å². The van der Waals surface area contributed by atoms with E-state index >= 15 is 0 Å². The highest BCUT2D eigenvalue weighted by Crippen LogP contribution is 2.30. The molecule has 0 bridgehead atoms. The molecule has 0 spiro atoms. The van der Waals surface area contributed by atoms with E-state index in [0.717, 1.165) is 10.9 Å². The summed E-state index contributed by atoms with van der Waals surface area (Å²) in [6, 6.07) is 11.7. The lowest BCUT2D eigenvalue weighted by Gasteiger charge is -2.13. The van der Waals surface area contributed by atoms with Gasteiger partial charge in [0.1, 0.15) is 17.1 Å². The maximum atomic E-state index is 11.9. The second-order valence-corrected chi connectivity index (χ2v) is 6.42. The highest BCUT2D eigenvalue weighted by molar-refractivity contribution is 9.10. The van der Waals surface area contributed by atoms with Crippen LogP contribution in [-0.2, 0) is 4.79 Å². The number of hydrogen-bond acceptors (Lipinski definition) is 4. The minimum absolute atomic E-state index is 0.00483. The number of ether oxygens (including phenoxy) is 2. The van der Waals surface area contributed by atoms with Crippen molar-refractivity contribution in [2.24, 2.45) is 0 Å². The van der Waals surface area contributed by atoms with Crippen LogP contribution >= 0.6 is 15.9 Å². The zero-order valence-corrected chi connectivity index (χ0v) is 15.6. The fourth-order valence-corrected chi connectivity index (χ4v) is 2.71. The zero-order valence-electron chi connectivity index (χ0n) is 14.0. The summed E-state index contributed by atoms with van der Waals surface area (Å²) in [5, 5.41) is 9.09. The Morgan fingerprint density at radius 2 is 1.88 bits per heavy atom. The van der Waals surface area contributed by atoms with Crippen LogP contribution in [0.5, 0.6) is 11.5 Å². The number of esters is 1. The molecule has 0 saturated carbocycles. The van der Waals surface area contributed by atoms with Gasteiger partial charge in [0.2, 0.25) is 0 Å². The predicted octanol–water partition coefficient (Wildman–Crippen LogP) is 4.65. The van der Waals surface area contributed by atoms with Crippen molar-refractivity contribution in [3.8, 4) is 11.5 Å². The number of carboxylic acid groups (broad SMARTS) is 1. The van der Waals surface area contributed by atoms with E-state index in [1.165, 1.54) is 17.7 Å². The van der Waals surface area contributed by atoms with Gasteiger partial charge in [-0.1, -0.05) is 32.0 Å². The van der Waals surface area contributed by atoms with Crippen molar-refractivity contribution in [2.75, 3.05) is 6.61 Å². The van der Waals surface area contributed by atoms with Gasteiger partial charge in [0.15, 0.2) is 6.61 Å². The molecule has 0 aliphatic heterocycles. The highest BCUT2D eigenvalue weighted by atomic mass is 79.9. The predicted molar refractivity (Wildman–Crippen MR) is 97.4 cm³/mol. The van der Waals surface area contributed by atoms with Gasteiger partial charge >= 0.3 is 11.9 Å². The molecule has 2 rings (SSSR count). The molecule has 0 aliphatic carbocycles. The minimum Gasteiger partial charge on any atom is -0.481 e. The Morgan fingerprint density at radius 1 is 1.16 bits per heavy atom. The summed E-state index contributed by atoms with van der Waals surface area (Å²) in [7, 11) is 0. The van der Waals surface area contributed by atoms with Crippen molar-refractivity contribution in [1.82, 2.24) is 0 Å². The third kappa shape index (κ3) is 5.06. The molecule has 0 radical (unpaired) electrons. The van der Waals surface area contributed by atoms with Crippen molar-refractivity contribution in [1.29, 1.82) is 0 Å². The first-order valence-corrected chi connectivity index (χ1v) is 8.67. The van der Waals surface area contributed by atoms with Gasteiger partial charge in [-0.15, -0.1) is 0 Å². The quantitative estimate of drug-likeness (QED) is 0.535. The number of benzene rings is 2. The SMILES string of the molecule is CCC(C)c1ccc(OCC(=O)Oc2ccccc2C(=O)O)c(Br)c1. The highest BCUT2D eigenvalue weighted by Gasteiger charge is 2.15. The first-order valence-electron chi connectivity index (χ1n) is 7.87. The second-order valence-electron chi connectivity index (χ2n) is 5.56. The largest absolute Gasteiger partial charge is 0.481 e. The molecule has 25 heavy (non-hydrogen) atoms. The van der Waals surface area contributed by atoms with Crippen molar-refractivity contribution >= 4 is 27.9 Å². The number of rotatable bonds is 7. The molecule has 132 valence electrons. The average molecular weight is 407 g/mol. The van der Waals surface area contributed by atoms with Crippen molar-refractivity contribution in [3.63, 3.8) is 0 Å². The summed E-state index contributed by atoms with van der Waals surface area (Å²) in [5.41, 5.74) is 1.11. The van der Waals surface area contributed by atoms with E-state index in [9.17, 15) is 9.59 Å². The Bertz CT molecular complexity index is 772. The summed E-state index contributed by atoms with van der Waals surface area (Å²) in [6.45, 7) is 3.93. The Kier molecular flexibility index (Phi) is 6.58. The molecule has 0 aliphatic rings. The topological polar surface area (TPSA) is 72.8 Å². The van der Waals surface area contributed by atoms with Crippen LogP contribution in [0.25, 0.3) is 0 Å². The lowest BCUT2D eigenvalue weighted by Crippen LogP contribution is -2.19. The number of carbonyl (C=O) groups is 2. The molecular weight excluding hydrogens is 388 g/mol. The molecule has 0 saturated heterocycles. The summed E-state index contributed by atoms with van der Waals surface area (Å²) in [4.78, 5) is 23.0. The number of hydrogen-bond donors (Lipinski definition) is 1. The molecule has 0 heterocycles. The average Bonchev–Trinajstić information content (AvgIpc) is 2.60. The molecule has 0 fully saturated rings. The van der Waals surface area contributed by atoms with Crippen molar-refractivity contribution in [3.05, 3.63) is 58.1 Å². The van der Waals surface area contributed by atoms with Crippen LogP contribution in [0, 0.1) is 0 Å². The monoisotopic (exact) mass is 406 g/mol. The summed E-state index contributed by atoms with van der Waals surface area (Å²) < 4.78 is 11.3. The van der Waals surface area contributed by atoms with Gasteiger partial charge in [-0.05, 0) is 58.1 Å². The molecule has 2 aromatic rings. The Morgan fingerprint density at radius 3 is 2.52 bits per heavy atom. The zero-order chi connectivity index (χ0) is 18.4. The molecular formula is C19H19BrO5. The smallest absolute Gasteiger partial charge is 0.349 e. The van der Waals surface area contributed by atoms with Gasteiger partial charge in [0, 0.05) is 0 Å². The number of para-hydroxylation sites is 1. The molecule has 1 unspecified atom stereocenters. The normalized spacial score (nSPS) is 11.6. The van der Waals surface area contributed by atoms with Gasteiger partial charge in [-0.2, -0.15) is 0 Å². The molecule has 1 N–H and O–H groups in total. The number of carbonyl (C=O) groups excluding carboxylic acids is 1. The van der Waals surface area contributed by atoms with Crippen LogP contribution < -0.4 is 9.47 Å². The van der Waals surface area contributed by atoms with E-state index in [4.69, 9.17) is 14.6 Å². The second kappa shape index (κ2) is 8.67. The maximum Gasteiger partial charge on any atom is 0.349 e. The first-order chi connectivity index (χ1) is 11.9. The van der Waals surface area contributed by atoms with E-state index < -0.39 is 11.9 Å². The fourth-order valence-electron chi connectivity index (χ4n) is 2.20. The van der Waals surface area contributed by atoms with E-state index in [-0.39, 0.29) is 17.9 Å². The van der Waals surface area contributed by atoms with Gasteiger partial charge in [0.25, 0.3) is 0 Å². The maximum absolute atomic E-state index is 11.9. The van der Waals surface area contributed by atoms with Crippen LogP contribution in [0.2, 0.25) is 0 Å². The Labute approximate surface area is 154 Å². The third-order valence-corrected chi connectivity index (χ3v) is 4.44. The van der Waals surface area contributed by atoms with Crippen LogP contribution in [0.4, 0.5) is 0 Å². The minimum atomic E-state index is -1.16. The lowest BCUT2D eigenvalue weighted by atomic mass is 9.99. The molecule has 0 aromatic heterocycles. The van der Waals surface area contributed by atoms with E-state index in [1.807, 2.05) is 12.1 Å². The Balaban J connectivity index is 2.00. The van der Waals surface area contributed by atoms with Crippen LogP contribution in [0.3, 0.4) is 0 Å². The van der Waals surface area contributed by atoms with Crippen molar-refractivity contribution in [2.45, 2.75) is 26.2 Å². The van der Waals surface area contributed by atoms with E-state index in [0.29, 0.717) is 11.7 Å². The van der Waals surface area contributed by atoms with Gasteiger partial charge in [0.05, 0.1) is 4.47 Å². The summed E-state index contributed by atoms with van der Waals surface area (Å²) in [6.07, 6.45) is 1.03. The fraction of sp³-hybridized carbons (Fsp3) is 0.263. The van der Waals surface area contributed by atoms with E-state index in [2.05, 4.69) is 29.8 Å². The van der Waals surface area contributed by atoms with Crippen molar-refractivity contribution < 1.29 is 24.2 Å². The number of aromatic carboxylic acids is 1. The molecule has 2 aromatic carbocycles. The van der Waals surface area contributed by atoms with E-state index in [1.54, 1.807) is 18.2 Å². The number of carboxylic acids is 1. The third-order valence-electron chi connectivity index (χ3n) is 3.82. The molecule has 6 heteroatoms. The van der Waals surface area contributed by atoms with Gasteiger partial charge < -0.3 is 14.6 Å². The summed E-state index contributed by atoms with van der Waals surface area (Å²) >= 11 is 3.44. The molecule has 1 atom stereocenters. The molecule has 5 nitrogen and oxygen atoms in total. The number of halogens is 1. The Hall–Kier alpha value is -2.34. The summed E-state index contributed by atoms with van der Waals surface area (Å²) in [5.74, 6) is -0.882. The van der Waals surface area contributed by atoms with Crippen LogP contribution in [0.1, 0.15) is 42.1 Å². The lowest BCUT2D eigenvalue weighted by molar-refractivity contribution is -0.136. The van der Waals surface area contributed by atoms with Crippen LogP contribution in [-0.4, -0.2) is 23.7 Å². The standard InChI is InChI=1S/C19H19BrO5/c1-3-12(2)13-8-9-17(15(20)10-13)24-11-18(21)25-16-7-5-4-6-14(16)19(22)23/h4-10,12H,3,11H2,1-2H3,(H,22,23).